The summed E-state index contributed by atoms with van der Waals surface area (Å²) in [6.07, 6.45) is 11.9. The maximum absolute atomic E-state index is 12.4. The second-order valence-corrected chi connectivity index (χ2v) is 12.4. The standard InChI is InChI=1S/C33H50BrN3O9/c1-2-13-28(32(43)44)37-33(45)46-19-12-6-11-18-36-30(40)17-10-4-3-8-15-27(38)21-24(31(41)42)14-7-5-9-16-29(39)25-20-26(34)23-35-22-25/h20,22-24,28H,2-19,21H2,1H3,(H,36,40)(H,37,45)(H,41,42)(H,43,44)/t24?,28-/m0/s1/i34-3. The van der Waals surface area contributed by atoms with E-state index in [9.17, 15) is 33.9 Å². The molecule has 12 nitrogen and oxygen atoms in total. The lowest BCUT2D eigenvalue weighted by molar-refractivity contribution is -0.144. The molecule has 0 aliphatic carbocycles. The quantitative estimate of drug-likeness (QED) is 0.0601. The number of hydrogen-bond donors (Lipinski definition) is 4. The number of hydrogen-bond acceptors (Lipinski definition) is 8. The third kappa shape index (κ3) is 19.9. The van der Waals surface area contributed by atoms with E-state index in [1.165, 1.54) is 6.20 Å². The van der Waals surface area contributed by atoms with Crippen LogP contribution in [0.25, 0.3) is 0 Å². The number of nitrogens with zero attached hydrogens (tertiary/aromatic N) is 1. The number of rotatable bonds is 27. The molecule has 1 aromatic rings. The lowest BCUT2D eigenvalue weighted by atomic mass is 9.93. The fraction of sp³-hybridized carbons (Fsp3) is 0.667. The zero-order valence-electron chi connectivity index (χ0n) is 26.9. The van der Waals surface area contributed by atoms with Crippen LogP contribution in [0, 0.1) is 5.92 Å². The molecule has 13 heteroatoms. The highest BCUT2D eigenvalue weighted by atomic mass is 76.9. The van der Waals surface area contributed by atoms with Crippen LogP contribution in [-0.4, -0.2) is 69.9 Å². The molecule has 0 spiro atoms. The summed E-state index contributed by atoms with van der Waals surface area (Å²) in [5, 5.41) is 23.8. The van der Waals surface area contributed by atoms with E-state index in [1.807, 2.05) is 6.92 Å². The van der Waals surface area contributed by atoms with E-state index in [1.54, 1.807) is 12.3 Å². The predicted octanol–water partition coefficient (Wildman–Crippen LogP) is 6.24. The van der Waals surface area contributed by atoms with E-state index < -0.39 is 30.0 Å². The molecule has 1 unspecified atom stereocenters. The molecule has 4 N–H and O–H groups in total. The van der Waals surface area contributed by atoms with Crippen LogP contribution in [-0.2, 0) is 23.9 Å². The second kappa shape index (κ2) is 24.8. The highest BCUT2D eigenvalue weighted by Gasteiger charge is 2.21. The Morgan fingerprint density at radius 3 is 2.17 bits per heavy atom. The minimum absolute atomic E-state index is 0.000321. The molecule has 0 aliphatic rings. The molecule has 2 atom stereocenters. The molecular formula is C33H50BrN3O9. The number of Topliss-reactive ketones (excluding diaryl/α,β-unsaturated/α-hetero) is 2. The van der Waals surface area contributed by atoms with Gasteiger partial charge in [0.15, 0.2) is 5.78 Å². The lowest BCUT2D eigenvalue weighted by Gasteiger charge is -2.13. The monoisotopic (exact) mass is 709 g/mol. The Kier molecular flexibility index (Phi) is 22.0. The Morgan fingerprint density at radius 1 is 0.826 bits per heavy atom. The van der Waals surface area contributed by atoms with Crippen LogP contribution in [0.5, 0.6) is 0 Å². The number of ether oxygens (including phenoxy) is 1. The molecule has 0 saturated carbocycles. The largest absolute Gasteiger partial charge is 0.481 e. The van der Waals surface area contributed by atoms with Crippen LogP contribution in [0.15, 0.2) is 22.9 Å². The van der Waals surface area contributed by atoms with E-state index in [-0.39, 0.29) is 30.5 Å². The molecule has 0 fully saturated rings. The summed E-state index contributed by atoms with van der Waals surface area (Å²) in [7, 11) is 0. The smallest absolute Gasteiger partial charge is 0.407 e. The van der Waals surface area contributed by atoms with Crippen molar-refractivity contribution >= 4 is 51.4 Å². The van der Waals surface area contributed by atoms with Gasteiger partial charge in [-0.2, -0.15) is 0 Å². The Bertz CT molecular complexity index is 1120. The van der Waals surface area contributed by atoms with Crippen LogP contribution < -0.4 is 10.6 Å². The van der Waals surface area contributed by atoms with Crippen molar-refractivity contribution in [1.82, 2.24) is 15.6 Å². The SMILES string of the molecule is CCC[C@H](NC(=O)OCCCCCNC(=O)CCCCCCC(=O)CC(CCCCCC(=O)c1cncc([77Br])c1)C(=O)O)C(=O)O. The van der Waals surface area contributed by atoms with Gasteiger partial charge in [0, 0.05) is 54.7 Å². The van der Waals surface area contributed by atoms with Gasteiger partial charge in [0.25, 0.3) is 0 Å². The number of carbonyl (C=O) groups excluding carboxylic acids is 4. The van der Waals surface area contributed by atoms with E-state index in [0.717, 1.165) is 30.2 Å². The number of carboxylic acids is 2. The summed E-state index contributed by atoms with van der Waals surface area (Å²) in [4.78, 5) is 75.0. The van der Waals surface area contributed by atoms with Crippen molar-refractivity contribution in [2.75, 3.05) is 13.2 Å². The lowest BCUT2D eigenvalue weighted by Crippen LogP contribution is -2.41. The molecule has 0 radical (unpaired) electrons. The van der Waals surface area contributed by atoms with Gasteiger partial charge >= 0.3 is 18.0 Å². The van der Waals surface area contributed by atoms with Crippen molar-refractivity contribution < 1.29 is 43.7 Å². The Labute approximate surface area is 280 Å². The average Bonchev–Trinajstić information content (AvgIpc) is 3.01. The first kappa shape index (κ1) is 40.7. The number of carboxylic acid groups (broad SMARTS) is 2. The van der Waals surface area contributed by atoms with Crippen molar-refractivity contribution in [3.8, 4) is 0 Å². The number of nitrogens with one attached hydrogen (secondary N) is 2. The fourth-order valence-electron chi connectivity index (χ4n) is 4.83. The Hall–Kier alpha value is -3.35. The number of ketones is 2. The second-order valence-electron chi connectivity index (χ2n) is 11.5. The van der Waals surface area contributed by atoms with E-state index >= 15 is 0 Å². The zero-order chi connectivity index (χ0) is 34.2. The van der Waals surface area contributed by atoms with Crippen LogP contribution >= 0.6 is 15.9 Å². The van der Waals surface area contributed by atoms with Gasteiger partial charge in [-0.15, -0.1) is 0 Å². The first-order valence-corrected chi connectivity index (χ1v) is 17.1. The van der Waals surface area contributed by atoms with Gasteiger partial charge in [0.2, 0.25) is 5.91 Å². The van der Waals surface area contributed by atoms with Crippen molar-refractivity contribution in [1.29, 1.82) is 0 Å². The Balaban J connectivity index is 2.04. The third-order valence-corrected chi connectivity index (χ3v) is 7.89. The molecule has 0 aromatic carbocycles. The van der Waals surface area contributed by atoms with Crippen molar-refractivity contribution in [2.24, 2.45) is 5.92 Å². The molecule has 1 rings (SSSR count). The molecule has 258 valence electrons. The summed E-state index contributed by atoms with van der Waals surface area (Å²) >= 11 is 3.30. The molecule has 0 bridgehead atoms. The molecule has 0 saturated heterocycles. The third-order valence-electron chi connectivity index (χ3n) is 7.46. The average molecular weight is 710 g/mol. The maximum Gasteiger partial charge on any atom is 0.407 e. The molecule has 1 aromatic heterocycles. The summed E-state index contributed by atoms with van der Waals surface area (Å²) < 4.78 is 5.75. The number of aromatic nitrogens is 1. The van der Waals surface area contributed by atoms with Crippen LogP contribution in [0.1, 0.15) is 126 Å². The van der Waals surface area contributed by atoms with Crippen molar-refractivity contribution in [3.63, 3.8) is 0 Å². The number of unbranched alkanes of at least 4 members (excludes halogenated alkanes) is 7. The van der Waals surface area contributed by atoms with Crippen LogP contribution in [0.3, 0.4) is 0 Å². The van der Waals surface area contributed by atoms with Gasteiger partial charge in [-0.25, -0.2) is 9.59 Å². The van der Waals surface area contributed by atoms with Gasteiger partial charge in [-0.1, -0.05) is 39.0 Å². The normalized spacial score (nSPS) is 12.1. The first-order valence-electron chi connectivity index (χ1n) is 16.3. The summed E-state index contributed by atoms with van der Waals surface area (Å²) in [5.74, 6) is -2.87. The van der Waals surface area contributed by atoms with Crippen molar-refractivity contribution in [3.05, 3.63) is 28.5 Å². The van der Waals surface area contributed by atoms with Gasteiger partial charge in [-0.05, 0) is 73.4 Å². The number of amides is 2. The first-order chi connectivity index (χ1) is 22.0. The number of halogens is 1. The van der Waals surface area contributed by atoms with Gasteiger partial charge < -0.3 is 25.6 Å². The van der Waals surface area contributed by atoms with Crippen molar-refractivity contribution in [2.45, 2.75) is 122 Å². The Morgan fingerprint density at radius 2 is 1.50 bits per heavy atom. The molecule has 2 amide bonds. The van der Waals surface area contributed by atoms with Crippen LogP contribution in [0.4, 0.5) is 4.79 Å². The molecular weight excluding hydrogens is 659 g/mol. The fourth-order valence-corrected chi connectivity index (χ4v) is 5.19. The minimum atomic E-state index is -1.09. The predicted molar refractivity (Wildman–Crippen MR) is 175 cm³/mol. The van der Waals surface area contributed by atoms with Gasteiger partial charge in [0.1, 0.15) is 11.8 Å². The highest BCUT2D eigenvalue weighted by Crippen LogP contribution is 2.19. The number of carbonyl (C=O) groups is 6. The van der Waals surface area contributed by atoms with E-state index in [0.29, 0.717) is 89.2 Å². The topological polar surface area (TPSA) is 189 Å². The molecule has 46 heavy (non-hydrogen) atoms. The minimum Gasteiger partial charge on any atom is -0.481 e. The van der Waals surface area contributed by atoms with E-state index in [4.69, 9.17) is 9.84 Å². The highest BCUT2D eigenvalue weighted by molar-refractivity contribution is 9.10. The maximum atomic E-state index is 12.4. The summed E-state index contributed by atoms with van der Waals surface area (Å²) in [6, 6.07) is 0.775. The van der Waals surface area contributed by atoms with Crippen LogP contribution in [0.2, 0.25) is 0 Å². The zero-order valence-corrected chi connectivity index (χ0v) is 28.5. The van der Waals surface area contributed by atoms with Gasteiger partial charge in [-0.3, -0.25) is 24.2 Å². The molecule has 1 heterocycles. The number of alkyl carbamates (subject to hydrolysis) is 1. The van der Waals surface area contributed by atoms with E-state index in [2.05, 4.69) is 31.5 Å². The van der Waals surface area contributed by atoms with Gasteiger partial charge in [0.05, 0.1) is 12.5 Å². The molecule has 0 aliphatic heterocycles. The number of pyridine rings is 1. The summed E-state index contributed by atoms with van der Waals surface area (Å²) in [6.45, 7) is 2.52. The summed E-state index contributed by atoms with van der Waals surface area (Å²) in [5.41, 5.74) is 0.546. The number of aliphatic carboxylic acids is 2.